The Labute approximate surface area is 165 Å². The predicted octanol–water partition coefficient (Wildman–Crippen LogP) is -0.447. The average Bonchev–Trinajstić information content (AvgIpc) is 3.17. The van der Waals surface area contributed by atoms with E-state index in [-0.39, 0.29) is 22.3 Å². The molecule has 1 aliphatic rings. The van der Waals surface area contributed by atoms with E-state index < -0.39 is 49.1 Å². The first-order valence-corrected chi connectivity index (χ1v) is 8.23. The SMILES string of the molecule is [N-]=[N+]=NC1[C@@H](O)[C@H](n2cnc3c(N)nc(Cl)nc32)O[C@@H]1COC(C(=O)O)C(=O)O. The maximum Gasteiger partial charge on any atom is 0.344 e. The zero-order valence-corrected chi connectivity index (χ0v) is 15.0. The number of rotatable bonds is 7. The number of halogens is 1. The van der Waals surface area contributed by atoms with Crippen LogP contribution in [0.15, 0.2) is 11.4 Å². The van der Waals surface area contributed by atoms with Crippen molar-refractivity contribution in [2.45, 2.75) is 30.6 Å². The number of fused-ring (bicyclic) bond motifs is 1. The van der Waals surface area contributed by atoms with Gasteiger partial charge in [0.25, 0.3) is 6.10 Å². The Morgan fingerprint density at radius 2 is 2.14 bits per heavy atom. The lowest BCUT2D eigenvalue weighted by atomic mass is 10.1. The summed E-state index contributed by atoms with van der Waals surface area (Å²) >= 11 is 5.80. The highest BCUT2D eigenvalue weighted by Crippen LogP contribution is 2.34. The van der Waals surface area contributed by atoms with Crippen LogP contribution in [0, 0.1) is 0 Å². The Morgan fingerprint density at radius 1 is 1.45 bits per heavy atom. The number of imidazole rings is 1. The van der Waals surface area contributed by atoms with Crippen LogP contribution in [0.3, 0.4) is 0 Å². The molecule has 5 N–H and O–H groups in total. The summed E-state index contributed by atoms with van der Waals surface area (Å²) in [6, 6.07) is -1.22. The number of carboxylic acid groups (broad SMARTS) is 2. The number of hydrogen-bond acceptors (Lipinski definition) is 10. The number of aliphatic hydroxyl groups excluding tert-OH is 1. The second-order valence-electron chi connectivity index (χ2n) is 5.84. The number of hydrogen-bond donors (Lipinski definition) is 4. The van der Waals surface area contributed by atoms with Crippen LogP contribution in [0.1, 0.15) is 6.23 Å². The molecular weight excluding hydrogens is 416 g/mol. The van der Waals surface area contributed by atoms with Crippen LogP contribution in [-0.4, -0.2) is 77.7 Å². The Bertz CT molecular complexity index is 994. The minimum Gasteiger partial charge on any atom is -0.479 e. The van der Waals surface area contributed by atoms with Crippen LogP contribution >= 0.6 is 11.6 Å². The van der Waals surface area contributed by atoms with Crippen molar-refractivity contribution in [1.82, 2.24) is 19.5 Å². The largest absolute Gasteiger partial charge is 0.479 e. The number of nitrogens with zero attached hydrogens (tertiary/aromatic N) is 7. The van der Waals surface area contributed by atoms with Crippen LogP contribution < -0.4 is 5.73 Å². The van der Waals surface area contributed by atoms with Gasteiger partial charge in [0.2, 0.25) is 5.28 Å². The Balaban J connectivity index is 1.90. The van der Waals surface area contributed by atoms with Gasteiger partial charge in [-0.3, -0.25) is 4.57 Å². The van der Waals surface area contributed by atoms with E-state index in [1.165, 1.54) is 10.9 Å². The van der Waals surface area contributed by atoms with Gasteiger partial charge in [0.05, 0.1) is 25.1 Å². The fraction of sp³-hybridized carbons (Fsp3) is 0.462. The van der Waals surface area contributed by atoms with Crippen molar-refractivity contribution in [3.63, 3.8) is 0 Å². The summed E-state index contributed by atoms with van der Waals surface area (Å²) in [4.78, 5) is 36.3. The summed E-state index contributed by atoms with van der Waals surface area (Å²) in [6.45, 7) is -0.592. The second kappa shape index (κ2) is 8.02. The van der Waals surface area contributed by atoms with Crippen LogP contribution in [0.25, 0.3) is 21.6 Å². The summed E-state index contributed by atoms with van der Waals surface area (Å²) in [7, 11) is 0. The summed E-state index contributed by atoms with van der Waals surface area (Å²) in [6.07, 6.45) is -4.71. The Kier molecular flexibility index (Phi) is 5.67. The van der Waals surface area contributed by atoms with E-state index in [2.05, 4.69) is 25.0 Å². The maximum atomic E-state index is 10.9. The van der Waals surface area contributed by atoms with Crippen molar-refractivity contribution in [3.8, 4) is 0 Å². The zero-order valence-electron chi connectivity index (χ0n) is 14.2. The Hall–Kier alpha value is -3.23. The molecule has 0 bridgehead atoms. The van der Waals surface area contributed by atoms with Crippen molar-refractivity contribution in [2.75, 3.05) is 12.3 Å². The Morgan fingerprint density at radius 3 is 2.76 bits per heavy atom. The van der Waals surface area contributed by atoms with Gasteiger partial charge in [0, 0.05) is 4.91 Å². The van der Waals surface area contributed by atoms with Crippen LogP contribution in [0.4, 0.5) is 5.82 Å². The molecule has 3 heterocycles. The number of azide groups is 1. The number of carboxylic acids is 2. The zero-order chi connectivity index (χ0) is 21.3. The quantitative estimate of drug-likeness (QED) is 0.145. The molecule has 0 amide bonds. The van der Waals surface area contributed by atoms with Gasteiger partial charge in [0.15, 0.2) is 17.7 Å². The van der Waals surface area contributed by atoms with Gasteiger partial charge in [-0.15, -0.1) is 0 Å². The molecule has 2 aromatic rings. The van der Waals surface area contributed by atoms with E-state index in [4.69, 9.17) is 42.6 Å². The average molecular weight is 429 g/mol. The van der Waals surface area contributed by atoms with Gasteiger partial charge in [-0.25, -0.2) is 14.6 Å². The minimum atomic E-state index is -2.16. The third-order valence-corrected chi connectivity index (χ3v) is 4.26. The number of nitrogens with two attached hydrogens (primary N) is 1. The van der Waals surface area contributed by atoms with Crippen LogP contribution in [-0.2, 0) is 19.1 Å². The number of aliphatic carboxylic acids is 2. The number of carbonyl (C=O) groups is 2. The minimum absolute atomic E-state index is 0.0107. The second-order valence-corrected chi connectivity index (χ2v) is 6.18. The predicted molar refractivity (Wildman–Crippen MR) is 92.6 cm³/mol. The van der Waals surface area contributed by atoms with Gasteiger partial charge < -0.3 is 30.5 Å². The highest BCUT2D eigenvalue weighted by Gasteiger charge is 2.46. The molecule has 0 spiro atoms. The molecule has 4 atom stereocenters. The van der Waals surface area contributed by atoms with E-state index in [0.29, 0.717) is 0 Å². The highest BCUT2D eigenvalue weighted by atomic mass is 35.5. The van der Waals surface area contributed by atoms with E-state index >= 15 is 0 Å². The number of nitrogen functional groups attached to an aromatic ring is 1. The molecule has 15 nitrogen and oxygen atoms in total. The molecule has 1 saturated heterocycles. The summed E-state index contributed by atoms with van der Waals surface area (Å²) in [5.74, 6) is -3.46. The van der Waals surface area contributed by atoms with Gasteiger partial charge >= 0.3 is 11.9 Å². The normalized spacial score (nSPS) is 24.0. The molecule has 2 aromatic heterocycles. The molecule has 1 unspecified atom stereocenters. The molecule has 1 fully saturated rings. The number of aliphatic hydroxyl groups is 1. The van der Waals surface area contributed by atoms with Gasteiger partial charge in [0.1, 0.15) is 11.6 Å². The van der Waals surface area contributed by atoms with Crippen molar-refractivity contribution < 1.29 is 34.4 Å². The summed E-state index contributed by atoms with van der Waals surface area (Å²) in [5, 5.41) is 31.6. The topological polar surface area (TPSA) is 232 Å². The third-order valence-electron chi connectivity index (χ3n) is 4.09. The van der Waals surface area contributed by atoms with Crippen molar-refractivity contribution >= 4 is 40.5 Å². The van der Waals surface area contributed by atoms with E-state index in [9.17, 15) is 14.7 Å². The van der Waals surface area contributed by atoms with Crippen LogP contribution in [0.5, 0.6) is 0 Å². The van der Waals surface area contributed by atoms with Crippen molar-refractivity contribution in [2.24, 2.45) is 5.11 Å². The summed E-state index contributed by atoms with van der Waals surface area (Å²) < 4.78 is 11.8. The molecule has 0 saturated carbocycles. The summed E-state index contributed by atoms with van der Waals surface area (Å²) in [5.41, 5.74) is 14.8. The van der Waals surface area contributed by atoms with E-state index in [1.807, 2.05) is 0 Å². The third kappa shape index (κ3) is 3.85. The lowest BCUT2D eigenvalue weighted by Gasteiger charge is -2.17. The molecular formula is C13H13ClN8O7. The fourth-order valence-electron chi connectivity index (χ4n) is 2.84. The van der Waals surface area contributed by atoms with Crippen LogP contribution in [0.2, 0.25) is 5.28 Å². The fourth-order valence-corrected chi connectivity index (χ4v) is 3.01. The molecule has 29 heavy (non-hydrogen) atoms. The smallest absolute Gasteiger partial charge is 0.344 e. The molecule has 0 aliphatic carbocycles. The van der Waals surface area contributed by atoms with Gasteiger partial charge in [-0.2, -0.15) is 9.97 Å². The van der Waals surface area contributed by atoms with E-state index in [0.717, 1.165) is 0 Å². The lowest BCUT2D eigenvalue weighted by Crippen LogP contribution is -2.38. The maximum absolute atomic E-state index is 10.9. The standard InChI is InChI=1S/C13H13ClN8O7/c14-13-18-8(15)5-9(19-13)22(2-17-5)10-6(23)4(20-21-16)3(29-10)1-28-7(11(24)25)12(26)27/h2-4,6-7,10,23H,1H2,(H,24,25)(H,26,27)(H2,15,18,19)/t3-,4?,6-,10-/m1/s1. The molecule has 16 heteroatoms. The molecule has 3 rings (SSSR count). The lowest BCUT2D eigenvalue weighted by molar-refractivity contribution is -0.169. The first-order chi connectivity index (χ1) is 13.7. The molecule has 1 aliphatic heterocycles. The highest BCUT2D eigenvalue weighted by molar-refractivity contribution is 6.28. The monoisotopic (exact) mass is 428 g/mol. The van der Waals surface area contributed by atoms with Gasteiger partial charge in [-0.05, 0) is 17.1 Å². The molecule has 154 valence electrons. The molecule has 0 radical (unpaired) electrons. The van der Waals surface area contributed by atoms with E-state index in [1.54, 1.807) is 0 Å². The van der Waals surface area contributed by atoms with Crippen molar-refractivity contribution in [3.05, 3.63) is 22.1 Å². The van der Waals surface area contributed by atoms with Crippen molar-refractivity contribution in [1.29, 1.82) is 0 Å². The number of ether oxygens (including phenoxy) is 2. The van der Waals surface area contributed by atoms with Gasteiger partial charge in [-0.1, -0.05) is 5.11 Å². The number of aromatic nitrogens is 4. The first-order valence-electron chi connectivity index (χ1n) is 7.85. The first kappa shape index (κ1) is 20.5. The molecule has 0 aromatic carbocycles. The number of anilines is 1.